The maximum atomic E-state index is 14.2. The van der Waals surface area contributed by atoms with E-state index in [1.807, 2.05) is 34.6 Å². The highest BCUT2D eigenvalue weighted by Gasteiger charge is 2.58. The molecule has 0 aromatic rings. The molecule has 48 heavy (non-hydrogen) atoms. The Morgan fingerprint density at radius 1 is 1.04 bits per heavy atom. The molecule has 13 nitrogen and oxygen atoms in total. The van der Waals surface area contributed by atoms with Crippen LogP contribution in [0.15, 0.2) is 0 Å². The Morgan fingerprint density at radius 3 is 2.29 bits per heavy atom. The van der Waals surface area contributed by atoms with Crippen LogP contribution in [0.25, 0.3) is 0 Å². The van der Waals surface area contributed by atoms with Crippen LogP contribution in [-0.4, -0.2) is 124 Å². The van der Waals surface area contributed by atoms with Gasteiger partial charge in [0.05, 0.1) is 53.7 Å². The van der Waals surface area contributed by atoms with Crippen molar-refractivity contribution in [1.29, 1.82) is 0 Å². The number of aliphatic hydroxyl groups excluding tert-OH is 3. The van der Waals surface area contributed by atoms with E-state index < -0.39 is 108 Å². The van der Waals surface area contributed by atoms with Gasteiger partial charge in [-0.05, 0) is 66.7 Å². The van der Waals surface area contributed by atoms with Crippen LogP contribution in [0.1, 0.15) is 94.9 Å². The second-order valence-corrected chi connectivity index (χ2v) is 15.9. The van der Waals surface area contributed by atoms with Gasteiger partial charge in [0.25, 0.3) is 0 Å². The van der Waals surface area contributed by atoms with Crippen LogP contribution in [0, 0.1) is 23.7 Å². The Labute approximate surface area is 286 Å². The molecule has 0 aliphatic carbocycles. The molecule has 4 fully saturated rings. The Morgan fingerprint density at radius 2 is 1.69 bits per heavy atom. The Kier molecular flexibility index (Phi) is 12.4. The first-order valence-corrected chi connectivity index (χ1v) is 17.8. The summed E-state index contributed by atoms with van der Waals surface area (Å²) in [4.78, 5) is 14.2. The van der Waals surface area contributed by atoms with Crippen LogP contribution in [0.5, 0.6) is 0 Å². The zero-order chi connectivity index (χ0) is 36.1. The summed E-state index contributed by atoms with van der Waals surface area (Å²) in [5.74, 6) is -2.74. The second-order valence-electron chi connectivity index (χ2n) is 15.9. The second kappa shape index (κ2) is 14.9. The molecule has 0 amide bonds. The Balaban J connectivity index is 1.81. The van der Waals surface area contributed by atoms with Crippen molar-refractivity contribution in [2.75, 3.05) is 7.11 Å². The van der Waals surface area contributed by atoms with E-state index >= 15 is 0 Å². The summed E-state index contributed by atoms with van der Waals surface area (Å²) < 4.78 is 44.5. The first-order chi connectivity index (χ1) is 22.2. The first kappa shape index (κ1) is 39.8. The quantitative estimate of drug-likeness (QED) is 0.233. The van der Waals surface area contributed by atoms with Crippen LogP contribution in [-0.2, 0) is 38.0 Å². The summed E-state index contributed by atoms with van der Waals surface area (Å²) in [5.41, 5.74) is 2.55. The molecule has 6 N–H and O–H groups in total. The minimum Gasteiger partial charge on any atom is -0.459 e. The van der Waals surface area contributed by atoms with E-state index in [4.69, 9.17) is 38.9 Å². The first-order valence-electron chi connectivity index (χ1n) is 17.8. The summed E-state index contributed by atoms with van der Waals surface area (Å²) in [6.07, 6.45) is -7.92. The van der Waals surface area contributed by atoms with Crippen molar-refractivity contribution in [2.45, 2.75) is 185 Å². The predicted octanol–water partition coefficient (Wildman–Crippen LogP) is 2.02. The van der Waals surface area contributed by atoms with Crippen LogP contribution in [0.4, 0.5) is 0 Å². The molecule has 4 aliphatic heterocycles. The summed E-state index contributed by atoms with van der Waals surface area (Å²) in [6.45, 7) is 18.1. The smallest absolute Gasteiger partial charge is 0.311 e. The van der Waals surface area contributed by atoms with Gasteiger partial charge in [0, 0.05) is 31.4 Å². The molecule has 13 heteroatoms. The molecule has 0 spiro atoms. The van der Waals surface area contributed by atoms with Gasteiger partial charge >= 0.3 is 5.97 Å². The lowest BCUT2D eigenvalue weighted by atomic mass is 9.76. The summed E-state index contributed by atoms with van der Waals surface area (Å²) in [5, 5.41) is 44.6. The lowest BCUT2D eigenvalue weighted by Gasteiger charge is -2.48. The fourth-order valence-corrected chi connectivity index (χ4v) is 8.75. The molecular formula is C35H63NO12. The standard InChI is InChI=1S/C35H63NO12/c1-12-23(37)35(10,41)30-18(4)26-16(2)14-34(9,48-26)29(47-32-25(38)22(36)13-17(3)43-32)19(5)27(20(6)31(40)46-30)45-24-15-33(8,42-11)28(39)21(7)44-24/h16-30,32,37-39,41H,12-15,36H2,1-11H3/t16?,17?,18-,19-,20+,21?,22?,23+,24-,25?,26?,27-,28-,29+,30+,32-,33?,34?,35+/m0/s1. The molecule has 4 heterocycles. The number of methoxy groups -OCH3 is 1. The number of hydrogen-bond acceptors (Lipinski definition) is 13. The maximum Gasteiger partial charge on any atom is 0.311 e. The Bertz CT molecular complexity index is 1100. The monoisotopic (exact) mass is 689 g/mol. The van der Waals surface area contributed by atoms with Crippen LogP contribution in [0.2, 0.25) is 0 Å². The van der Waals surface area contributed by atoms with Crippen LogP contribution >= 0.6 is 0 Å². The van der Waals surface area contributed by atoms with Crippen molar-refractivity contribution in [2.24, 2.45) is 29.4 Å². The highest BCUT2D eigenvalue weighted by atomic mass is 16.7. The average molecular weight is 690 g/mol. The number of ether oxygens (including phenoxy) is 7. The normalized spacial score (nSPS) is 51.0. The van der Waals surface area contributed by atoms with E-state index in [0.717, 1.165) is 0 Å². The molecular weight excluding hydrogens is 626 g/mol. The number of carbonyl (C=O) groups is 1. The summed E-state index contributed by atoms with van der Waals surface area (Å²) in [7, 11) is 1.52. The molecule has 280 valence electrons. The number of rotatable bonds is 8. The van der Waals surface area contributed by atoms with E-state index in [1.54, 1.807) is 27.7 Å². The highest BCUT2D eigenvalue weighted by molar-refractivity contribution is 5.73. The van der Waals surface area contributed by atoms with E-state index in [-0.39, 0.29) is 24.9 Å². The number of hydrogen-bond donors (Lipinski definition) is 5. The van der Waals surface area contributed by atoms with E-state index in [1.165, 1.54) is 14.0 Å². The molecule has 8 unspecified atom stereocenters. The third-order valence-electron chi connectivity index (χ3n) is 11.8. The van der Waals surface area contributed by atoms with Crippen LogP contribution in [0.3, 0.4) is 0 Å². The van der Waals surface area contributed by atoms with E-state index in [2.05, 4.69) is 0 Å². The lowest BCUT2D eigenvalue weighted by Crippen LogP contribution is -2.60. The number of aliphatic hydroxyl groups is 4. The van der Waals surface area contributed by atoms with Gasteiger partial charge in [-0.3, -0.25) is 4.79 Å². The van der Waals surface area contributed by atoms with Crippen molar-refractivity contribution >= 4 is 5.97 Å². The van der Waals surface area contributed by atoms with Gasteiger partial charge in [0.2, 0.25) is 0 Å². The number of nitrogens with two attached hydrogens (primary N) is 1. The van der Waals surface area contributed by atoms with Crippen molar-refractivity contribution in [3.05, 3.63) is 0 Å². The zero-order valence-electron chi connectivity index (χ0n) is 30.7. The van der Waals surface area contributed by atoms with Gasteiger partial charge in [-0.25, -0.2) is 0 Å². The molecule has 4 saturated heterocycles. The minimum absolute atomic E-state index is 0.0694. The van der Waals surface area contributed by atoms with Crippen molar-refractivity contribution in [1.82, 2.24) is 0 Å². The summed E-state index contributed by atoms with van der Waals surface area (Å²) in [6, 6.07) is -0.565. The number of fused-ring (bicyclic) bond motifs is 2. The van der Waals surface area contributed by atoms with Gasteiger partial charge in [0.1, 0.15) is 23.9 Å². The largest absolute Gasteiger partial charge is 0.459 e. The van der Waals surface area contributed by atoms with Gasteiger partial charge in [-0.15, -0.1) is 0 Å². The highest BCUT2D eigenvalue weighted by Crippen LogP contribution is 2.48. The fourth-order valence-electron chi connectivity index (χ4n) is 8.75. The van der Waals surface area contributed by atoms with E-state index in [9.17, 15) is 25.2 Å². The summed E-state index contributed by atoms with van der Waals surface area (Å²) >= 11 is 0. The SMILES string of the molecule is CC[C@@H](O)[C@@](C)(O)[C@@H]1OC(=O)[C@H](C)[C@@H](O[C@H]2CC(C)(OC)[C@@H](O)C(C)O2)[C@H](C)[C@@H](O[C@@H]2OC(C)CC(N)C2O)C2(C)CC(C)C(O2)[C@@H]1C. The third kappa shape index (κ3) is 7.62. The van der Waals surface area contributed by atoms with Crippen molar-refractivity contribution < 1.29 is 58.4 Å². The van der Waals surface area contributed by atoms with Gasteiger partial charge in [-0.1, -0.05) is 27.7 Å². The molecule has 0 radical (unpaired) electrons. The molecule has 4 aliphatic rings. The average Bonchev–Trinajstić information content (AvgIpc) is 3.34. The molecule has 0 saturated carbocycles. The molecule has 19 atom stereocenters. The Hall–Kier alpha value is -0.970. The molecule has 0 aromatic carbocycles. The maximum absolute atomic E-state index is 14.2. The van der Waals surface area contributed by atoms with E-state index in [0.29, 0.717) is 12.8 Å². The zero-order valence-corrected chi connectivity index (χ0v) is 30.7. The van der Waals surface area contributed by atoms with Gasteiger partial charge < -0.3 is 59.3 Å². The fraction of sp³-hybridized carbons (Fsp3) is 0.971. The van der Waals surface area contributed by atoms with Gasteiger partial charge in [-0.2, -0.15) is 0 Å². The van der Waals surface area contributed by atoms with Crippen molar-refractivity contribution in [3.63, 3.8) is 0 Å². The third-order valence-corrected chi connectivity index (χ3v) is 11.8. The minimum atomic E-state index is -1.79. The van der Waals surface area contributed by atoms with Crippen LogP contribution < -0.4 is 5.73 Å². The predicted molar refractivity (Wildman–Crippen MR) is 174 cm³/mol. The topological polar surface area (TPSA) is 189 Å². The number of carbonyl (C=O) groups excluding carboxylic acids is 1. The molecule has 2 bridgehead atoms. The molecule has 0 aromatic heterocycles. The lowest BCUT2D eigenvalue weighted by molar-refractivity contribution is -0.315. The molecule has 4 rings (SSSR count). The van der Waals surface area contributed by atoms with Gasteiger partial charge in [0.15, 0.2) is 12.6 Å². The van der Waals surface area contributed by atoms with Crippen molar-refractivity contribution in [3.8, 4) is 0 Å². The number of esters is 1. The number of cyclic esters (lactones) is 1.